The Labute approximate surface area is 305 Å². The van der Waals surface area contributed by atoms with Gasteiger partial charge in [0.2, 0.25) is 11.9 Å². The number of fused-ring (bicyclic) bond motifs is 1. The number of nitrogens with two attached hydrogens (primary N) is 1. The van der Waals surface area contributed by atoms with Crippen LogP contribution in [0.2, 0.25) is 0 Å². The number of esters is 1. The van der Waals surface area contributed by atoms with E-state index in [9.17, 15) is 14.4 Å². The SMILES string of the molecule is COc1ccc(C(OC[C@H]2O[C@@H](n3cnc4c(=O)[nH]c(/N=C/N(C)C)nc43)C[C@@H]2OC(=O)CCC(N)=O)(c2ccccc2)c2ccc(OC)cc2)cc1. The molecule has 53 heavy (non-hydrogen) atoms. The van der Waals surface area contributed by atoms with Crippen molar-refractivity contribution >= 4 is 35.3 Å². The number of primary amides is 1. The topological polar surface area (TPSA) is 185 Å². The van der Waals surface area contributed by atoms with Gasteiger partial charge in [-0.15, -0.1) is 0 Å². The predicted molar refractivity (Wildman–Crippen MR) is 195 cm³/mol. The molecular weight excluding hydrogens is 682 g/mol. The summed E-state index contributed by atoms with van der Waals surface area (Å²) in [7, 11) is 6.79. The van der Waals surface area contributed by atoms with Crippen LogP contribution in [0.15, 0.2) is 95.0 Å². The van der Waals surface area contributed by atoms with Crippen LogP contribution in [-0.4, -0.2) is 89.8 Å². The summed E-state index contributed by atoms with van der Waals surface area (Å²) in [6, 6.07) is 24.9. The molecule has 276 valence electrons. The van der Waals surface area contributed by atoms with Gasteiger partial charge in [-0.1, -0.05) is 54.6 Å². The molecule has 1 aliphatic rings. The molecule has 2 aromatic heterocycles. The summed E-state index contributed by atoms with van der Waals surface area (Å²) in [5.41, 5.74) is 6.41. The quantitative estimate of drug-likeness (QED) is 0.0692. The number of ether oxygens (including phenoxy) is 5. The first-order chi connectivity index (χ1) is 25.6. The molecule has 0 saturated carbocycles. The number of nitrogens with zero attached hydrogens (tertiary/aromatic N) is 5. The number of carbonyl (C=O) groups is 2. The average Bonchev–Trinajstić information content (AvgIpc) is 3.78. The van der Waals surface area contributed by atoms with E-state index in [1.165, 1.54) is 12.7 Å². The van der Waals surface area contributed by atoms with Crippen LogP contribution >= 0.6 is 0 Å². The van der Waals surface area contributed by atoms with Gasteiger partial charge in [-0.3, -0.25) is 23.9 Å². The van der Waals surface area contributed by atoms with Crippen LogP contribution in [0.3, 0.4) is 0 Å². The first-order valence-corrected chi connectivity index (χ1v) is 16.9. The van der Waals surface area contributed by atoms with E-state index >= 15 is 0 Å². The van der Waals surface area contributed by atoms with Crippen LogP contribution in [-0.2, 0) is 29.4 Å². The molecule has 1 saturated heterocycles. The summed E-state index contributed by atoms with van der Waals surface area (Å²) in [5.74, 6) is 0.185. The lowest BCUT2D eigenvalue weighted by Gasteiger charge is -2.37. The van der Waals surface area contributed by atoms with Crippen molar-refractivity contribution in [2.24, 2.45) is 10.7 Å². The molecule has 6 rings (SSSR count). The summed E-state index contributed by atoms with van der Waals surface area (Å²) in [4.78, 5) is 54.8. The van der Waals surface area contributed by atoms with E-state index in [-0.39, 0.29) is 43.0 Å². The van der Waals surface area contributed by atoms with Crippen molar-refractivity contribution in [3.63, 3.8) is 0 Å². The number of hydrogen-bond acceptors (Lipinski definition) is 11. The first-order valence-electron chi connectivity index (χ1n) is 16.9. The van der Waals surface area contributed by atoms with Crippen molar-refractivity contribution in [1.29, 1.82) is 0 Å². The van der Waals surface area contributed by atoms with Gasteiger partial charge in [-0.2, -0.15) is 4.98 Å². The molecule has 3 heterocycles. The predicted octanol–water partition coefficient (Wildman–Crippen LogP) is 3.83. The van der Waals surface area contributed by atoms with Gasteiger partial charge in [-0.25, -0.2) is 9.98 Å². The summed E-state index contributed by atoms with van der Waals surface area (Å²) >= 11 is 0. The lowest BCUT2D eigenvalue weighted by Crippen LogP contribution is -2.39. The van der Waals surface area contributed by atoms with Gasteiger partial charge in [0.15, 0.2) is 11.2 Å². The summed E-state index contributed by atoms with van der Waals surface area (Å²) in [6.45, 7) is -0.0593. The number of aliphatic imine (C=N–C) groups is 1. The second kappa shape index (κ2) is 16.1. The number of amides is 1. The average molecular weight is 724 g/mol. The maximum Gasteiger partial charge on any atom is 0.306 e. The minimum absolute atomic E-state index is 0.0593. The molecule has 5 aromatic rings. The highest BCUT2D eigenvalue weighted by Gasteiger charge is 2.44. The zero-order chi connectivity index (χ0) is 37.5. The second-order valence-corrected chi connectivity index (χ2v) is 12.6. The van der Waals surface area contributed by atoms with E-state index < -0.39 is 41.5 Å². The van der Waals surface area contributed by atoms with Crippen molar-refractivity contribution in [3.05, 3.63) is 112 Å². The van der Waals surface area contributed by atoms with Crippen LogP contribution in [0.4, 0.5) is 5.95 Å². The Morgan fingerprint density at radius 3 is 2.19 bits per heavy atom. The van der Waals surface area contributed by atoms with Gasteiger partial charge in [0, 0.05) is 26.9 Å². The van der Waals surface area contributed by atoms with Gasteiger partial charge in [0.25, 0.3) is 5.56 Å². The number of aromatic nitrogens is 4. The fraction of sp³-hybridized carbons (Fsp3) is 0.316. The lowest BCUT2D eigenvalue weighted by atomic mass is 9.80. The second-order valence-electron chi connectivity index (χ2n) is 12.6. The molecular formula is C38H41N7O8. The summed E-state index contributed by atoms with van der Waals surface area (Å²) in [6.07, 6.45) is 0.345. The number of hydrogen-bond donors (Lipinski definition) is 2. The van der Waals surface area contributed by atoms with E-state index in [0.29, 0.717) is 11.5 Å². The van der Waals surface area contributed by atoms with Crippen LogP contribution in [0.25, 0.3) is 11.2 Å². The molecule has 0 aliphatic carbocycles. The zero-order valence-corrected chi connectivity index (χ0v) is 29.8. The van der Waals surface area contributed by atoms with Gasteiger partial charge in [0.1, 0.15) is 35.5 Å². The normalized spacial score (nSPS) is 17.2. The largest absolute Gasteiger partial charge is 0.497 e. The highest BCUT2D eigenvalue weighted by Crippen LogP contribution is 2.43. The number of rotatable bonds is 15. The molecule has 3 aromatic carbocycles. The monoisotopic (exact) mass is 723 g/mol. The van der Waals surface area contributed by atoms with Crippen molar-refractivity contribution in [2.45, 2.75) is 43.3 Å². The molecule has 0 radical (unpaired) electrons. The zero-order valence-electron chi connectivity index (χ0n) is 29.8. The van der Waals surface area contributed by atoms with Crippen LogP contribution in [0, 0.1) is 0 Å². The molecule has 0 spiro atoms. The van der Waals surface area contributed by atoms with E-state index in [0.717, 1.165) is 16.7 Å². The highest BCUT2D eigenvalue weighted by molar-refractivity contribution is 5.80. The Bertz CT molecular complexity index is 2070. The molecule has 0 unspecified atom stereocenters. The van der Waals surface area contributed by atoms with Crippen molar-refractivity contribution in [2.75, 3.05) is 34.9 Å². The Hall–Kier alpha value is -6.06. The smallest absolute Gasteiger partial charge is 0.306 e. The van der Waals surface area contributed by atoms with Crippen LogP contribution in [0.1, 0.15) is 42.2 Å². The Kier molecular flexibility index (Phi) is 11.1. The Morgan fingerprint density at radius 1 is 0.981 bits per heavy atom. The fourth-order valence-corrected chi connectivity index (χ4v) is 6.24. The number of aromatic amines is 1. The van der Waals surface area contributed by atoms with Crippen molar-refractivity contribution in [3.8, 4) is 11.5 Å². The molecule has 15 nitrogen and oxygen atoms in total. The van der Waals surface area contributed by atoms with E-state index in [1.54, 1.807) is 37.8 Å². The highest BCUT2D eigenvalue weighted by atomic mass is 16.6. The third-order valence-electron chi connectivity index (χ3n) is 8.82. The molecule has 3 atom stereocenters. The number of nitrogens with one attached hydrogen (secondary N) is 1. The standard InChI is InChI=1S/C38H41N7O8/c1-44(2)22-41-37-42-35-34(36(48)43-37)40-23-45(35)32-20-29(53-33(47)19-18-31(39)46)30(52-32)21-51-38(24-8-6-5-7-9-24,25-10-14-27(49-3)15-11-25)26-12-16-28(50-4)17-13-26/h5-17,22-23,29-30,32H,18-21H2,1-4H3,(H2,39,46)(H,42,43,48)/b41-22+/t29-,30+,32+/m0/s1. The molecule has 1 aliphatic heterocycles. The molecule has 0 bridgehead atoms. The Balaban J connectivity index is 1.40. The first kappa shape index (κ1) is 36.7. The number of methoxy groups -OCH3 is 2. The number of carbonyl (C=O) groups excluding carboxylic acids is 2. The van der Waals surface area contributed by atoms with E-state index in [1.807, 2.05) is 78.9 Å². The Morgan fingerprint density at radius 2 is 1.60 bits per heavy atom. The van der Waals surface area contributed by atoms with E-state index in [2.05, 4.69) is 19.9 Å². The minimum atomic E-state index is -1.18. The molecule has 15 heteroatoms. The number of imidazole rings is 1. The van der Waals surface area contributed by atoms with Gasteiger partial charge >= 0.3 is 5.97 Å². The van der Waals surface area contributed by atoms with Crippen molar-refractivity contribution < 1.29 is 33.3 Å². The molecule has 1 fully saturated rings. The maximum atomic E-state index is 13.0. The molecule has 3 N–H and O–H groups in total. The third kappa shape index (κ3) is 8.05. The van der Waals surface area contributed by atoms with E-state index in [4.69, 9.17) is 29.4 Å². The number of benzene rings is 3. The third-order valence-corrected chi connectivity index (χ3v) is 8.82. The fourth-order valence-electron chi connectivity index (χ4n) is 6.24. The van der Waals surface area contributed by atoms with Gasteiger partial charge in [-0.05, 0) is 41.0 Å². The summed E-state index contributed by atoms with van der Waals surface area (Å²) in [5, 5.41) is 0. The van der Waals surface area contributed by atoms with Gasteiger partial charge in [0.05, 0.1) is 39.9 Å². The van der Waals surface area contributed by atoms with Gasteiger partial charge < -0.3 is 34.3 Å². The molecule has 1 amide bonds. The maximum absolute atomic E-state index is 13.0. The van der Waals surface area contributed by atoms with Crippen molar-refractivity contribution in [1.82, 2.24) is 24.4 Å². The van der Waals surface area contributed by atoms with Crippen LogP contribution < -0.4 is 20.8 Å². The minimum Gasteiger partial charge on any atom is -0.497 e. The lowest BCUT2D eigenvalue weighted by molar-refractivity contribution is -0.156. The van der Waals surface area contributed by atoms with Crippen LogP contribution in [0.5, 0.6) is 11.5 Å². The number of H-pyrrole nitrogens is 1. The summed E-state index contributed by atoms with van der Waals surface area (Å²) < 4.78 is 32.2.